The predicted molar refractivity (Wildman–Crippen MR) is 125 cm³/mol. The molecule has 0 saturated carbocycles. The number of nitrogens with zero attached hydrogens (tertiary/aromatic N) is 4. The number of thiazole rings is 1. The third-order valence-electron chi connectivity index (χ3n) is 5.92. The van der Waals surface area contributed by atoms with E-state index in [2.05, 4.69) is 47.2 Å². The zero-order chi connectivity index (χ0) is 22.9. The van der Waals surface area contributed by atoms with Gasteiger partial charge in [-0.2, -0.15) is 4.98 Å². The second-order valence-corrected chi connectivity index (χ2v) is 9.27. The minimum Gasteiger partial charge on any atom is -0.339 e. The van der Waals surface area contributed by atoms with E-state index in [9.17, 15) is 9.18 Å². The molecule has 1 aliphatic heterocycles. The molecule has 1 fully saturated rings. The third kappa shape index (κ3) is 4.43. The first kappa shape index (κ1) is 21.5. The zero-order valence-corrected chi connectivity index (χ0v) is 19.2. The molecule has 0 radical (unpaired) electrons. The number of aromatic nitrogens is 3. The van der Waals surface area contributed by atoms with E-state index in [1.165, 1.54) is 29.0 Å². The van der Waals surface area contributed by atoms with Crippen LogP contribution in [0.1, 0.15) is 46.3 Å². The Hall–Kier alpha value is -3.39. The van der Waals surface area contributed by atoms with Crippen LogP contribution in [0, 0.1) is 19.7 Å². The molecule has 0 N–H and O–H groups in total. The van der Waals surface area contributed by atoms with E-state index >= 15 is 0 Å². The van der Waals surface area contributed by atoms with Gasteiger partial charge in [-0.3, -0.25) is 4.79 Å². The summed E-state index contributed by atoms with van der Waals surface area (Å²) < 4.78 is 19.0. The number of carbonyl (C=O) groups is 1. The van der Waals surface area contributed by atoms with E-state index in [0.29, 0.717) is 36.1 Å². The molecule has 2 aromatic heterocycles. The molecule has 1 saturated heterocycles. The molecule has 5 rings (SSSR count). The predicted octanol–water partition coefficient (Wildman–Crippen LogP) is 5.64. The van der Waals surface area contributed by atoms with Crippen LogP contribution in [0.25, 0.3) is 22.0 Å². The molecule has 1 atom stereocenters. The number of carbonyl (C=O) groups excluding carboxylic acids is 1. The fourth-order valence-corrected chi connectivity index (χ4v) is 5.10. The Morgan fingerprint density at radius 1 is 1.18 bits per heavy atom. The van der Waals surface area contributed by atoms with Crippen LogP contribution in [0.5, 0.6) is 0 Å². The standard InChI is InChI=1S/C25H23FN4O2S/c1-15-8-9-20(16(2)11-15)24-27-21(14-33-24)25(31)30-10-4-6-18(13-30)23-28-22(29-32-23)17-5-3-7-19(26)12-17/h3,5,7-9,11-12,14,18H,4,6,10,13H2,1-2H3. The van der Waals surface area contributed by atoms with Gasteiger partial charge in [0.2, 0.25) is 11.7 Å². The van der Waals surface area contributed by atoms with Crippen LogP contribution in [0.2, 0.25) is 0 Å². The van der Waals surface area contributed by atoms with E-state index in [1.807, 2.05) is 5.38 Å². The summed E-state index contributed by atoms with van der Waals surface area (Å²) in [6.45, 7) is 5.27. The zero-order valence-electron chi connectivity index (χ0n) is 18.4. The molecule has 0 bridgehead atoms. The van der Waals surface area contributed by atoms with Gasteiger partial charge in [-0.1, -0.05) is 41.1 Å². The molecule has 0 aliphatic carbocycles. The Bertz CT molecular complexity index is 1320. The molecule has 1 aliphatic rings. The average molecular weight is 463 g/mol. The molecule has 33 heavy (non-hydrogen) atoms. The molecule has 8 heteroatoms. The minimum absolute atomic E-state index is 0.0602. The molecule has 168 valence electrons. The van der Waals surface area contributed by atoms with Crippen LogP contribution in [0.3, 0.4) is 0 Å². The van der Waals surface area contributed by atoms with Crippen molar-refractivity contribution in [3.05, 3.63) is 76.4 Å². The van der Waals surface area contributed by atoms with Crippen molar-refractivity contribution in [2.75, 3.05) is 13.1 Å². The van der Waals surface area contributed by atoms with Gasteiger partial charge in [0.05, 0.1) is 5.92 Å². The molecule has 3 heterocycles. The summed E-state index contributed by atoms with van der Waals surface area (Å²) in [6, 6.07) is 12.3. The molecule has 6 nitrogen and oxygen atoms in total. The highest BCUT2D eigenvalue weighted by Gasteiger charge is 2.30. The monoisotopic (exact) mass is 462 g/mol. The molecule has 0 spiro atoms. The van der Waals surface area contributed by atoms with Crippen molar-refractivity contribution in [3.63, 3.8) is 0 Å². The van der Waals surface area contributed by atoms with Crippen LogP contribution >= 0.6 is 11.3 Å². The third-order valence-corrected chi connectivity index (χ3v) is 6.79. The highest BCUT2D eigenvalue weighted by molar-refractivity contribution is 7.13. The Labute approximate surface area is 195 Å². The molecule has 1 amide bonds. The fourth-order valence-electron chi connectivity index (χ4n) is 4.22. The van der Waals surface area contributed by atoms with Crippen molar-refractivity contribution in [2.45, 2.75) is 32.6 Å². The first-order valence-electron chi connectivity index (χ1n) is 10.9. The van der Waals surface area contributed by atoms with Crippen molar-refractivity contribution in [2.24, 2.45) is 0 Å². The normalized spacial score (nSPS) is 16.2. The lowest BCUT2D eigenvalue weighted by atomic mass is 9.97. The fraction of sp³-hybridized carbons (Fsp3) is 0.280. The van der Waals surface area contributed by atoms with Crippen molar-refractivity contribution in [1.29, 1.82) is 0 Å². The van der Waals surface area contributed by atoms with Gasteiger partial charge in [-0.25, -0.2) is 9.37 Å². The maximum atomic E-state index is 13.5. The van der Waals surface area contributed by atoms with Crippen LogP contribution in [-0.2, 0) is 0 Å². The van der Waals surface area contributed by atoms with Crippen LogP contribution in [-0.4, -0.2) is 39.0 Å². The van der Waals surface area contributed by atoms with Crippen LogP contribution < -0.4 is 0 Å². The maximum absolute atomic E-state index is 13.5. The lowest BCUT2D eigenvalue weighted by Gasteiger charge is -2.30. The number of piperidine rings is 1. The number of rotatable bonds is 4. The summed E-state index contributed by atoms with van der Waals surface area (Å²) in [5.74, 6) is 0.329. The minimum atomic E-state index is -0.350. The van der Waals surface area contributed by atoms with E-state index in [0.717, 1.165) is 29.0 Å². The summed E-state index contributed by atoms with van der Waals surface area (Å²) in [5, 5.41) is 6.69. The lowest BCUT2D eigenvalue weighted by Crippen LogP contribution is -2.39. The summed E-state index contributed by atoms with van der Waals surface area (Å²) in [4.78, 5) is 24.1. The highest BCUT2D eigenvalue weighted by atomic mass is 32.1. The number of benzene rings is 2. The van der Waals surface area contributed by atoms with E-state index in [1.54, 1.807) is 17.0 Å². The van der Waals surface area contributed by atoms with Gasteiger partial charge in [0.15, 0.2) is 0 Å². The molecular weight excluding hydrogens is 439 g/mol. The average Bonchev–Trinajstić information content (AvgIpc) is 3.49. The number of aryl methyl sites for hydroxylation is 2. The number of hydrogen-bond acceptors (Lipinski definition) is 6. The van der Waals surface area contributed by atoms with E-state index in [4.69, 9.17) is 4.52 Å². The number of hydrogen-bond donors (Lipinski definition) is 0. The highest BCUT2D eigenvalue weighted by Crippen LogP contribution is 2.31. The van der Waals surface area contributed by atoms with Crippen molar-refractivity contribution < 1.29 is 13.7 Å². The van der Waals surface area contributed by atoms with Crippen molar-refractivity contribution in [3.8, 4) is 22.0 Å². The quantitative estimate of drug-likeness (QED) is 0.393. The Kier molecular flexibility index (Phi) is 5.76. The largest absolute Gasteiger partial charge is 0.339 e. The summed E-state index contributed by atoms with van der Waals surface area (Å²) in [6.07, 6.45) is 1.68. The number of likely N-dealkylation sites (tertiary alicyclic amines) is 1. The van der Waals surface area contributed by atoms with Gasteiger partial charge < -0.3 is 9.42 Å². The van der Waals surface area contributed by atoms with Gasteiger partial charge in [0.1, 0.15) is 16.5 Å². The van der Waals surface area contributed by atoms with E-state index < -0.39 is 0 Å². The van der Waals surface area contributed by atoms with Gasteiger partial charge in [0.25, 0.3) is 5.91 Å². The Morgan fingerprint density at radius 3 is 2.88 bits per heavy atom. The summed E-state index contributed by atoms with van der Waals surface area (Å²) in [5.41, 5.74) is 4.42. The maximum Gasteiger partial charge on any atom is 0.273 e. The number of halogens is 1. The van der Waals surface area contributed by atoms with Crippen LogP contribution in [0.4, 0.5) is 4.39 Å². The topological polar surface area (TPSA) is 72.1 Å². The second-order valence-electron chi connectivity index (χ2n) is 8.41. The molecule has 2 aromatic carbocycles. The molecule has 1 unspecified atom stereocenters. The van der Waals surface area contributed by atoms with Crippen molar-refractivity contribution in [1.82, 2.24) is 20.0 Å². The Morgan fingerprint density at radius 2 is 2.06 bits per heavy atom. The summed E-state index contributed by atoms with van der Waals surface area (Å²) in [7, 11) is 0. The van der Waals surface area contributed by atoms with Gasteiger partial charge in [-0.15, -0.1) is 11.3 Å². The van der Waals surface area contributed by atoms with Gasteiger partial charge in [-0.05, 0) is 44.4 Å². The first-order valence-corrected chi connectivity index (χ1v) is 11.8. The lowest BCUT2D eigenvalue weighted by molar-refractivity contribution is 0.0690. The molecule has 4 aromatic rings. The van der Waals surface area contributed by atoms with Crippen molar-refractivity contribution >= 4 is 17.2 Å². The van der Waals surface area contributed by atoms with E-state index in [-0.39, 0.29) is 17.6 Å². The van der Waals surface area contributed by atoms with Crippen LogP contribution in [0.15, 0.2) is 52.4 Å². The van der Waals surface area contributed by atoms with Gasteiger partial charge in [0, 0.05) is 29.6 Å². The second kappa shape index (κ2) is 8.86. The van der Waals surface area contributed by atoms with Gasteiger partial charge >= 0.3 is 0 Å². The Balaban J connectivity index is 1.31. The first-order chi connectivity index (χ1) is 16.0. The molecular formula is C25H23FN4O2S. The number of amides is 1. The summed E-state index contributed by atoms with van der Waals surface area (Å²) >= 11 is 1.48. The SMILES string of the molecule is Cc1ccc(-c2nc(C(=O)N3CCCC(c4nc(-c5cccc(F)c5)no4)C3)cs2)c(C)c1. The smallest absolute Gasteiger partial charge is 0.273 e.